The summed E-state index contributed by atoms with van der Waals surface area (Å²) in [5, 5.41) is 10.8. The van der Waals surface area contributed by atoms with E-state index in [2.05, 4.69) is 20.8 Å². The Labute approximate surface area is 127 Å². The molecule has 0 radical (unpaired) electrons. The first-order valence-electron chi connectivity index (χ1n) is 7.76. The first-order chi connectivity index (χ1) is 9.76. The minimum Gasteiger partial charge on any atom is -0.549 e. The molecule has 0 saturated heterocycles. The van der Waals surface area contributed by atoms with Crippen LogP contribution < -0.4 is 5.11 Å². The van der Waals surface area contributed by atoms with Gasteiger partial charge in [0.2, 0.25) is 0 Å². The first-order valence-corrected chi connectivity index (χ1v) is 7.76. The highest BCUT2D eigenvalue weighted by Crippen LogP contribution is 2.28. The highest BCUT2D eigenvalue weighted by atomic mass is 16.5. The Morgan fingerprint density at radius 2 is 2.19 bits per heavy atom. The van der Waals surface area contributed by atoms with Crippen LogP contribution in [0.4, 0.5) is 0 Å². The largest absolute Gasteiger partial charge is 0.549 e. The minimum atomic E-state index is -1.24. The molecule has 1 rings (SSSR count). The molecule has 1 saturated carbocycles. The minimum absolute atomic E-state index is 0.0820. The van der Waals surface area contributed by atoms with E-state index in [9.17, 15) is 14.7 Å². The Morgan fingerprint density at radius 3 is 2.71 bits per heavy atom. The molecule has 0 N–H and O–H groups in total. The molecule has 1 aliphatic carbocycles. The van der Waals surface area contributed by atoms with Crippen molar-refractivity contribution in [1.82, 2.24) is 0 Å². The molecular weight excluding hydrogens is 268 g/mol. The van der Waals surface area contributed by atoms with Gasteiger partial charge in [-0.05, 0) is 51.0 Å². The van der Waals surface area contributed by atoms with Gasteiger partial charge in [-0.15, -0.1) is 0 Å². The van der Waals surface area contributed by atoms with Crippen molar-refractivity contribution in [3.63, 3.8) is 0 Å². The lowest BCUT2D eigenvalue weighted by Gasteiger charge is -2.23. The molecule has 0 spiro atoms. The third-order valence-electron chi connectivity index (χ3n) is 4.41. The molecule has 0 aliphatic heterocycles. The highest BCUT2D eigenvalue weighted by molar-refractivity contribution is 6.09. The van der Waals surface area contributed by atoms with Gasteiger partial charge in [0, 0.05) is 7.11 Å². The van der Waals surface area contributed by atoms with Crippen molar-refractivity contribution >= 4 is 11.8 Å². The number of carboxylic acid groups (broad SMARTS) is 1. The van der Waals surface area contributed by atoms with Crippen LogP contribution in [0.1, 0.15) is 59.3 Å². The van der Waals surface area contributed by atoms with Crippen LogP contribution in [0, 0.1) is 11.8 Å². The molecule has 1 aliphatic rings. The number of aliphatic carboxylic acids is 1. The van der Waals surface area contributed by atoms with Gasteiger partial charge in [-0.1, -0.05) is 25.8 Å². The molecular formula is C17H27O4-. The Hall–Kier alpha value is -1.16. The topological polar surface area (TPSA) is 66.4 Å². The molecule has 4 heteroatoms. The lowest BCUT2D eigenvalue weighted by Crippen LogP contribution is -2.33. The molecule has 2 unspecified atom stereocenters. The third-order valence-corrected chi connectivity index (χ3v) is 4.41. The summed E-state index contributed by atoms with van der Waals surface area (Å²) in [7, 11) is 1.73. The maximum atomic E-state index is 11.8. The van der Waals surface area contributed by atoms with Gasteiger partial charge in [0.25, 0.3) is 0 Å². The van der Waals surface area contributed by atoms with Crippen LogP contribution >= 0.6 is 0 Å². The predicted molar refractivity (Wildman–Crippen MR) is 79.5 cm³/mol. The fourth-order valence-electron chi connectivity index (χ4n) is 2.65. The van der Waals surface area contributed by atoms with Crippen LogP contribution in [0.15, 0.2) is 11.6 Å². The number of Topliss-reactive ketones (excluding diaryl/α,β-unsaturated/α-hetero) is 1. The summed E-state index contributed by atoms with van der Waals surface area (Å²) in [5.41, 5.74) is 0.592. The Kier molecular flexibility index (Phi) is 6.59. The zero-order valence-corrected chi connectivity index (χ0v) is 13.6. The van der Waals surface area contributed by atoms with Crippen LogP contribution in [-0.2, 0) is 14.3 Å². The second kappa shape index (κ2) is 7.74. The van der Waals surface area contributed by atoms with E-state index < -0.39 is 11.9 Å². The van der Waals surface area contributed by atoms with E-state index in [0.717, 1.165) is 25.7 Å². The molecule has 1 fully saturated rings. The van der Waals surface area contributed by atoms with Crippen molar-refractivity contribution in [3.8, 4) is 0 Å². The average Bonchev–Trinajstić information content (AvgIpc) is 2.77. The molecule has 120 valence electrons. The van der Waals surface area contributed by atoms with Crippen molar-refractivity contribution in [3.05, 3.63) is 11.6 Å². The Morgan fingerprint density at radius 1 is 1.52 bits per heavy atom. The standard InChI is InChI=1S/C17H28O4/c1-12(6-5-11-17(2,3)21-4)7-8-13-9-10-14(15(13)18)16(19)20/h8,12,14H,5-7,9-11H2,1-4H3,(H,19,20)/p-1/b13-8+. The van der Waals surface area contributed by atoms with Gasteiger partial charge in [0.15, 0.2) is 5.78 Å². The summed E-state index contributed by atoms with van der Waals surface area (Å²) in [6.07, 6.45) is 6.89. The van der Waals surface area contributed by atoms with Crippen LogP contribution in [0.5, 0.6) is 0 Å². The quantitative estimate of drug-likeness (QED) is 0.509. The number of ketones is 1. The van der Waals surface area contributed by atoms with E-state index in [1.807, 2.05) is 6.08 Å². The predicted octanol–water partition coefficient (Wildman–Crippen LogP) is 2.26. The number of ether oxygens (including phenoxy) is 1. The van der Waals surface area contributed by atoms with Gasteiger partial charge in [-0.3, -0.25) is 4.79 Å². The molecule has 0 aromatic heterocycles. The van der Waals surface area contributed by atoms with Crippen molar-refractivity contribution in [1.29, 1.82) is 0 Å². The summed E-state index contributed by atoms with van der Waals surface area (Å²) in [6.45, 7) is 6.32. The molecule has 0 bridgehead atoms. The Bertz CT molecular complexity index is 409. The monoisotopic (exact) mass is 295 g/mol. The number of hydrogen-bond acceptors (Lipinski definition) is 4. The SMILES string of the molecule is COC(C)(C)CCCC(C)C/C=C1\CCC(C(=O)[O-])C1=O. The van der Waals surface area contributed by atoms with Crippen LogP contribution in [0.2, 0.25) is 0 Å². The van der Waals surface area contributed by atoms with Crippen molar-refractivity contribution in [2.45, 2.75) is 64.9 Å². The summed E-state index contributed by atoms with van der Waals surface area (Å²) in [5.74, 6) is -1.92. The smallest absolute Gasteiger partial charge is 0.167 e. The number of methoxy groups -OCH3 is 1. The molecule has 0 aromatic carbocycles. The maximum Gasteiger partial charge on any atom is 0.167 e. The first kappa shape index (κ1) is 17.9. The number of rotatable bonds is 8. The van der Waals surface area contributed by atoms with Crippen molar-refractivity contribution in [2.24, 2.45) is 11.8 Å². The summed E-state index contributed by atoms with van der Waals surface area (Å²) in [4.78, 5) is 22.6. The van der Waals surface area contributed by atoms with Crippen molar-refractivity contribution < 1.29 is 19.4 Å². The highest BCUT2D eigenvalue weighted by Gasteiger charge is 2.29. The van der Waals surface area contributed by atoms with Crippen LogP contribution in [0.25, 0.3) is 0 Å². The van der Waals surface area contributed by atoms with Gasteiger partial charge < -0.3 is 14.6 Å². The number of hydrogen-bond donors (Lipinski definition) is 0. The van der Waals surface area contributed by atoms with Gasteiger partial charge in [0.05, 0.1) is 17.5 Å². The van der Waals surface area contributed by atoms with E-state index >= 15 is 0 Å². The van der Waals surface area contributed by atoms with Crippen LogP contribution in [0.3, 0.4) is 0 Å². The van der Waals surface area contributed by atoms with Gasteiger partial charge in [-0.25, -0.2) is 0 Å². The fourth-order valence-corrected chi connectivity index (χ4v) is 2.65. The molecule has 0 amide bonds. The molecule has 4 nitrogen and oxygen atoms in total. The fraction of sp³-hybridized carbons (Fsp3) is 0.765. The summed E-state index contributed by atoms with van der Waals surface area (Å²) < 4.78 is 5.39. The lowest BCUT2D eigenvalue weighted by molar-refractivity contribution is -0.309. The summed E-state index contributed by atoms with van der Waals surface area (Å²) in [6, 6.07) is 0. The molecule has 21 heavy (non-hydrogen) atoms. The molecule has 0 aromatic rings. The number of carbonyl (C=O) groups is 2. The summed E-state index contributed by atoms with van der Waals surface area (Å²) >= 11 is 0. The van der Waals surface area contributed by atoms with E-state index in [-0.39, 0.29) is 11.4 Å². The average molecular weight is 295 g/mol. The van der Waals surface area contributed by atoms with Crippen molar-refractivity contribution in [2.75, 3.05) is 7.11 Å². The normalized spacial score (nSPS) is 22.8. The third kappa shape index (κ3) is 5.62. The van der Waals surface area contributed by atoms with E-state index in [4.69, 9.17) is 4.74 Å². The van der Waals surface area contributed by atoms with Gasteiger partial charge in [-0.2, -0.15) is 0 Å². The zero-order valence-electron chi connectivity index (χ0n) is 13.6. The number of carboxylic acids is 1. The second-order valence-corrected chi connectivity index (χ2v) is 6.70. The Balaban J connectivity index is 2.36. The van der Waals surface area contributed by atoms with E-state index in [0.29, 0.717) is 24.3 Å². The second-order valence-electron chi connectivity index (χ2n) is 6.70. The number of allylic oxidation sites excluding steroid dienone is 2. The molecule has 2 atom stereocenters. The van der Waals surface area contributed by atoms with E-state index in [1.54, 1.807) is 7.11 Å². The van der Waals surface area contributed by atoms with Gasteiger partial charge in [0.1, 0.15) is 0 Å². The maximum absolute atomic E-state index is 11.8. The molecule has 0 heterocycles. The zero-order chi connectivity index (χ0) is 16.0. The van der Waals surface area contributed by atoms with E-state index in [1.165, 1.54) is 0 Å². The van der Waals surface area contributed by atoms with Crippen LogP contribution in [-0.4, -0.2) is 24.5 Å². The van der Waals surface area contributed by atoms with Gasteiger partial charge >= 0.3 is 0 Å². The number of carbonyl (C=O) groups excluding carboxylic acids is 2. The lowest BCUT2D eigenvalue weighted by atomic mass is 9.94.